The summed E-state index contributed by atoms with van der Waals surface area (Å²) in [6, 6.07) is 0. The van der Waals surface area contributed by atoms with E-state index in [-0.39, 0.29) is 0 Å². The molecular formula is C8H13BrIN. The Kier molecular flexibility index (Phi) is 4.38. The van der Waals surface area contributed by atoms with Crippen LogP contribution in [0.2, 0.25) is 0 Å². The summed E-state index contributed by atoms with van der Waals surface area (Å²) in [6.45, 7) is 5.80. The van der Waals surface area contributed by atoms with Crippen LogP contribution in [0.3, 0.4) is 0 Å². The van der Waals surface area contributed by atoms with Gasteiger partial charge in [-0.2, -0.15) is 0 Å². The fourth-order valence-corrected chi connectivity index (χ4v) is 2.42. The zero-order valence-corrected chi connectivity index (χ0v) is 10.5. The van der Waals surface area contributed by atoms with Crippen LogP contribution in [0.15, 0.2) is 10.1 Å². The molecule has 0 amide bonds. The van der Waals surface area contributed by atoms with E-state index in [2.05, 4.69) is 50.3 Å². The Hall–Kier alpha value is 0.910. The Balaban J connectivity index is 2.44. The number of rotatable bonds is 2. The van der Waals surface area contributed by atoms with Gasteiger partial charge in [-0.05, 0) is 13.3 Å². The monoisotopic (exact) mass is 329 g/mol. The van der Waals surface area contributed by atoms with E-state index in [0.29, 0.717) is 0 Å². The number of hydrogen-bond acceptors (Lipinski definition) is 1. The predicted molar refractivity (Wildman–Crippen MR) is 61.6 cm³/mol. The van der Waals surface area contributed by atoms with Gasteiger partial charge in [0.25, 0.3) is 0 Å². The number of alkyl halides is 1. The molecule has 0 radical (unpaired) electrons. The van der Waals surface area contributed by atoms with E-state index in [4.69, 9.17) is 0 Å². The Morgan fingerprint density at radius 2 is 2.36 bits per heavy atom. The second-order valence-electron chi connectivity index (χ2n) is 2.90. The normalized spacial score (nSPS) is 21.0. The van der Waals surface area contributed by atoms with Crippen LogP contribution in [0.5, 0.6) is 0 Å². The van der Waals surface area contributed by atoms with Crippen LogP contribution < -0.4 is 0 Å². The quantitative estimate of drug-likeness (QED) is 0.556. The van der Waals surface area contributed by atoms with Gasteiger partial charge in [0.2, 0.25) is 0 Å². The van der Waals surface area contributed by atoms with Gasteiger partial charge in [0.05, 0.1) is 0 Å². The lowest BCUT2D eigenvalue weighted by molar-refractivity contribution is 0.312. The molecule has 0 spiro atoms. The van der Waals surface area contributed by atoms with E-state index < -0.39 is 0 Å². The molecule has 1 aliphatic rings. The van der Waals surface area contributed by atoms with Crippen LogP contribution >= 0.6 is 38.5 Å². The molecule has 1 aliphatic heterocycles. The van der Waals surface area contributed by atoms with Crippen LogP contribution in [-0.2, 0) is 0 Å². The minimum Gasteiger partial charge on any atom is -0.297 e. The summed E-state index contributed by atoms with van der Waals surface area (Å²) in [6.07, 6.45) is 1.23. The van der Waals surface area contributed by atoms with Crippen LogP contribution in [0.4, 0.5) is 0 Å². The molecule has 1 heterocycles. The summed E-state index contributed by atoms with van der Waals surface area (Å²) >= 11 is 6.03. The zero-order valence-electron chi connectivity index (χ0n) is 6.74. The van der Waals surface area contributed by atoms with Crippen molar-refractivity contribution in [2.24, 2.45) is 0 Å². The van der Waals surface area contributed by atoms with Gasteiger partial charge < -0.3 is 0 Å². The maximum Gasteiger partial charge on any atom is 0.0299 e. The molecule has 11 heavy (non-hydrogen) atoms. The highest BCUT2D eigenvalue weighted by Gasteiger charge is 2.13. The van der Waals surface area contributed by atoms with Crippen molar-refractivity contribution >= 4 is 38.5 Å². The summed E-state index contributed by atoms with van der Waals surface area (Å²) in [7, 11) is 0. The van der Waals surface area contributed by atoms with Gasteiger partial charge >= 0.3 is 0 Å². The third kappa shape index (κ3) is 3.03. The summed E-state index contributed by atoms with van der Waals surface area (Å²) in [5.74, 6) is 0. The first-order valence-corrected chi connectivity index (χ1v) is 6.18. The highest BCUT2D eigenvalue weighted by molar-refractivity contribution is 14.1. The second kappa shape index (κ2) is 4.82. The van der Waals surface area contributed by atoms with Crippen molar-refractivity contribution in [3.8, 4) is 0 Å². The van der Waals surface area contributed by atoms with Gasteiger partial charge in [0.15, 0.2) is 0 Å². The molecule has 3 heteroatoms. The minimum atomic E-state index is 1.12. The maximum absolute atomic E-state index is 3.60. The first kappa shape index (κ1) is 9.99. The molecule has 0 N–H and O–H groups in total. The third-order valence-corrected chi connectivity index (χ3v) is 3.44. The van der Waals surface area contributed by atoms with E-state index in [1.54, 1.807) is 0 Å². The van der Waals surface area contributed by atoms with E-state index in [9.17, 15) is 0 Å². The lowest BCUT2D eigenvalue weighted by Gasteiger charge is -2.26. The predicted octanol–water partition coefficient (Wildman–Crippen LogP) is 2.80. The standard InChI is InChI=1S/C8H13BrIN/c1-7-2-4-11(5-3-10)6-8(7)9/h2-6H2,1H3. The van der Waals surface area contributed by atoms with Crippen molar-refractivity contribution < 1.29 is 0 Å². The summed E-state index contributed by atoms with van der Waals surface area (Å²) in [5, 5.41) is 0. The third-order valence-electron chi connectivity index (χ3n) is 2.03. The number of nitrogens with zero attached hydrogens (tertiary/aromatic N) is 1. The highest BCUT2D eigenvalue weighted by atomic mass is 127. The van der Waals surface area contributed by atoms with Crippen molar-refractivity contribution in [2.75, 3.05) is 24.1 Å². The number of halogens is 2. The molecule has 0 aromatic rings. The molecule has 0 aromatic heterocycles. The van der Waals surface area contributed by atoms with Gasteiger partial charge in [-0.15, -0.1) is 0 Å². The minimum absolute atomic E-state index is 1.12. The largest absolute Gasteiger partial charge is 0.297 e. The zero-order chi connectivity index (χ0) is 8.27. The molecule has 0 unspecified atom stereocenters. The van der Waals surface area contributed by atoms with Crippen LogP contribution in [0.25, 0.3) is 0 Å². The molecule has 0 atom stereocenters. The molecule has 0 bridgehead atoms. The fraction of sp³-hybridized carbons (Fsp3) is 0.750. The lowest BCUT2D eigenvalue weighted by atomic mass is 10.1. The first-order chi connectivity index (χ1) is 5.24. The van der Waals surface area contributed by atoms with Crippen molar-refractivity contribution in [2.45, 2.75) is 13.3 Å². The molecule has 0 aromatic carbocycles. The lowest BCUT2D eigenvalue weighted by Crippen LogP contribution is -2.31. The Morgan fingerprint density at radius 3 is 2.91 bits per heavy atom. The Labute approximate surface area is 90.5 Å². The Bertz CT molecular complexity index is 167. The van der Waals surface area contributed by atoms with E-state index >= 15 is 0 Å². The van der Waals surface area contributed by atoms with Gasteiger partial charge in [-0.25, -0.2) is 0 Å². The van der Waals surface area contributed by atoms with Gasteiger partial charge in [-0.3, -0.25) is 4.90 Å². The van der Waals surface area contributed by atoms with Crippen LogP contribution in [0, 0.1) is 0 Å². The highest BCUT2D eigenvalue weighted by Crippen LogP contribution is 2.21. The molecule has 1 nitrogen and oxygen atoms in total. The summed E-state index contributed by atoms with van der Waals surface area (Å²) in [4.78, 5) is 2.49. The van der Waals surface area contributed by atoms with Crippen molar-refractivity contribution in [1.82, 2.24) is 4.90 Å². The van der Waals surface area contributed by atoms with E-state index in [1.165, 1.54) is 34.0 Å². The fourth-order valence-electron chi connectivity index (χ4n) is 1.18. The number of hydrogen-bond donors (Lipinski definition) is 0. The Morgan fingerprint density at radius 1 is 1.64 bits per heavy atom. The summed E-state index contributed by atoms with van der Waals surface area (Å²) < 4.78 is 2.63. The van der Waals surface area contributed by atoms with Crippen molar-refractivity contribution in [1.29, 1.82) is 0 Å². The van der Waals surface area contributed by atoms with Gasteiger partial charge in [-0.1, -0.05) is 44.1 Å². The van der Waals surface area contributed by atoms with Crippen LogP contribution in [0.1, 0.15) is 13.3 Å². The molecule has 0 aliphatic carbocycles. The molecule has 1 rings (SSSR count). The molecule has 0 saturated heterocycles. The van der Waals surface area contributed by atoms with Crippen LogP contribution in [-0.4, -0.2) is 29.0 Å². The maximum atomic E-state index is 3.60. The van der Waals surface area contributed by atoms with Crippen molar-refractivity contribution in [3.05, 3.63) is 10.1 Å². The topological polar surface area (TPSA) is 3.24 Å². The second-order valence-corrected chi connectivity index (χ2v) is 4.94. The molecule has 64 valence electrons. The average Bonchev–Trinajstić information content (AvgIpc) is 1.98. The molecule has 0 fully saturated rings. The van der Waals surface area contributed by atoms with E-state index in [1.807, 2.05) is 0 Å². The SMILES string of the molecule is CC1=C(Br)CN(CCI)CC1. The average molecular weight is 330 g/mol. The van der Waals surface area contributed by atoms with Crippen molar-refractivity contribution in [3.63, 3.8) is 0 Å². The molecular weight excluding hydrogens is 317 g/mol. The van der Waals surface area contributed by atoms with E-state index in [0.717, 1.165) is 6.54 Å². The molecule has 0 saturated carbocycles. The summed E-state index contributed by atoms with van der Waals surface area (Å²) in [5.41, 5.74) is 1.52. The van der Waals surface area contributed by atoms with Gasteiger partial charge in [0, 0.05) is 28.5 Å². The van der Waals surface area contributed by atoms with Gasteiger partial charge in [0.1, 0.15) is 0 Å². The first-order valence-electron chi connectivity index (χ1n) is 3.86. The smallest absolute Gasteiger partial charge is 0.0299 e.